The zero-order valence-electron chi connectivity index (χ0n) is 6.39. The van der Waals surface area contributed by atoms with Crippen molar-refractivity contribution in [1.82, 2.24) is 4.98 Å². The maximum absolute atomic E-state index is 5.98. The van der Waals surface area contributed by atoms with Crippen molar-refractivity contribution in [2.24, 2.45) is 0 Å². The van der Waals surface area contributed by atoms with Crippen LogP contribution in [0.4, 0.5) is 0 Å². The monoisotopic (exact) mass is 275 g/mol. The van der Waals surface area contributed by atoms with Gasteiger partial charge >= 0.3 is 0 Å². The molecule has 13 heavy (non-hydrogen) atoms. The predicted octanol–water partition coefficient (Wildman–Crippen LogP) is 4.30. The maximum atomic E-state index is 5.98. The van der Waals surface area contributed by atoms with Gasteiger partial charge in [-0.05, 0) is 34.1 Å². The van der Waals surface area contributed by atoms with E-state index in [-0.39, 0.29) is 0 Å². The lowest BCUT2D eigenvalue weighted by atomic mass is 10.2. The van der Waals surface area contributed by atoms with E-state index in [0.717, 1.165) is 15.4 Å². The third kappa shape index (κ3) is 1.66. The largest absolute Gasteiger partial charge is 0.253 e. The van der Waals surface area contributed by atoms with Crippen LogP contribution in [-0.2, 0) is 0 Å². The summed E-state index contributed by atoms with van der Waals surface area (Å²) in [7, 11) is 0. The van der Waals surface area contributed by atoms with Crippen molar-refractivity contribution in [3.63, 3.8) is 0 Å². The van der Waals surface area contributed by atoms with Gasteiger partial charge in [0, 0.05) is 16.1 Å². The quantitative estimate of drug-likeness (QED) is 0.699. The minimum Gasteiger partial charge on any atom is -0.253 e. The smallest absolute Gasteiger partial charge is 0.0903 e. The topological polar surface area (TPSA) is 12.9 Å². The molecule has 1 aromatic heterocycles. The summed E-state index contributed by atoms with van der Waals surface area (Å²) in [5.74, 6) is 0. The summed E-state index contributed by atoms with van der Waals surface area (Å²) in [6, 6.07) is 5.41. The maximum Gasteiger partial charge on any atom is 0.0903 e. The molecule has 2 aromatic rings. The number of rotatable bonds is 0. The first-order valence-electron chi connectivity index (χ1n) is 3.58. The number of hydrogen-bond acceptors (Lipinski definition) is 1. The van der Waals surface area contributed by atoms with E-state index >= 15 is 0 Å². The molecule has 0 amide bonds. The van der Waals surface area contributed by atoms with Crippen LogP contribution in [0.15, 0.2) is 28.9 Å². The van der Waals surface area contributed by atoms with Gasteiger partial charge < -0.3 is 0 Å². The highest BCUT2D eigenvalue weighted by molar-refractivity contribution is 9.10. The van der Waals surface area contributed by atoms with Gasteiger partial charge in [0.25, 0.3) is 0 Å². The number of aromatic nitrogens is 1. The highest BCUT2D eigenvalue weighted by Gasteiger charge is 2.04. The Bertz CT molecular complexity index is 470. The van der Waals surface area contributed by atoms with E-state index in [1.165, 1.54) is 0 Å². The third-order valence-electron chi connectivity index (χ3n) is 1.71. The Morgan fingerprint density at radius 1 is 1.15 bits per heavy atom. The summed E-state index contributed by atoms with van der Waals surface area (Å²) in [5.41, 5.74) is 0.734. The lowest BCUT2D eigenvalue weighted by Crippen LogP contribution is -1.81. The molecule has 0 saturated heterocycles. The normalized spacial score (nSPS) is 10.7. The second kappa shape index (κ2) is 3.45. The van der Waals surface area contributed by atoms with Crippen LogP contribution in [0.3, 0.4) is 0 Å². The van der Waals surface area contributed by atoms with Crippen molar-refractivity contribution in [3.8, 4) is 0 Å². The molecule has 0 fully saturated rings. The summed E-state index contributed by atoms with van der Waals surface area (Å²) in [4.78, 5) is 4.18. The van der Waals surface area contributed by atoms with Crippen molar-refractivity contribution in [3.05, 3.63) is 38.9 Å². The Hall–Kier alpha value is -0.310. The summed E-state index contributed by atoms with van der Waals surface area (Å²) in [5, 5.41) is 2.14. The molecule has 66 valence electrons. The molecular formula is C9H4BrCl2N. The molecule has 0 unspecified atom stereocenters. The zero-order chi connectivity index (χ0) is 9.42. The molecule has 0 spiro atoms. The molecule has 0 aliphatic heterocycles. The molecular weight excluding hydrogens is 273 g/mol. The van der Waals surface area contributed by atoms with E-state index in [0.29, 0.717) is 10.0 Å². The van der Waals surface area contributed by atoms with Crippen molar-refractivity contribution in [2.75, 3.05) is 0 Å². The Morgan fingerprint density at radius 3 is 2.62 bits per heavy atom. The zero-order valence-corrected chi connectivity index (χ0v) is 9.49. The van der Waals surface area contributed by atoms with Crippen LogP contribution >= 0.6 is 39.1 Å². The standard InChI is InChI=1S/C9H4BrCl2N/c10-5-3-6-7(11)1-2-8(12)9(6)13-4-5/h1-4H. The third-order valence-corrected chi connectivity index (χ3v) is 2.78. The SMILES string of the molecule is Clc1ccc(Cl)c2ncc(Br)cc12. The Kier molecular flexibility index (Phi) is 2.45. The fourth-order valence-electron chi connectivity index (χ4n) is 1.13. The van der Waals surface area contributed by atoms with Gasteiger partial charge in [-0.1, -0.05) is 23.2 Å². The first kappa shape index (κ1) is 9.25. The first-order valence-corrected chi connectivity index (χ1v) is 5.12. The Morgan fingerprint density at radius 2 is 1.85 bits per heavy atom. The second-order valence-corrected chi connectivity index (χ2v) is 4.31. The molecule has 0 N–H and O–H groups in total. The van der Waals surface area contributed by atoms with Crippen LogP contribution in [0.1, 0.15) is 0 Å². The second-order valence-electron chi connectivity index (χ2n) is 2.58. The summed E-state index contributed by atoms with van der Waals surface area (Å²) < 4.78 is 0.893. The first-order chi connectivity index (χ1) is 6.18. The van der Waals surface area contributed by atoms with E-state index < -0.39 is 0 Å². The molecule has 1 nitrogen and oxygen atoms in total. The number of fused-ring (bicyclic) bond motifs is 1. The van der Waals surface area contributed by atoms with Crippen LogP contribution in [-0.4, -0.2) is 4.98 Å². The molecule has 0 bridgehead atoms. The highest BCUT2D eigenvalue weighted by Crippen LogP contribution is 2.29. The number of hydrogen-bond donors (Lipinski definition) is 0. The van der Waals surface area contributed by atoms with Crippen molar-refractivity contribution >= 4 is 50.0 Å². The van der Waals surface area contributed by atoms with Crippen molar-refractivity contribution in [2.45, 2.75) is 0 Å². The van der Waals surface area contributed by atoms with E-state index in [1.807, 2.05) is 6.07 Å². The van der Waals surface area contributed by atoms with Gasteiger partial charge in [0.1, 0.15) is 0 Å². The average molecular weight is 277 g/mol. The van der Waals surface area contributed by atoms with Crippen LogP contribution < -0.4 is 0 Å². The summed E-state index contributed by atoms with van der Waals surface area (Å²) in [6.07, 6.45) is 1.70. The van der Waals surface area contributed by atoms with E-state index in [9.17, 15) is 0 Å². The van der Waals surface area contributed by atoms with Gasteiger partial charge in [0.2, 0.25) is 0 Å². The van der Waals surface area contributed by atoms with Crippen LogP contribution in [0.2, 0.25) is 10.0 Å². The number of pyridine rings is 1. The molecule has 0 saturated carbocycles. The molecule has 0 aliphatic rings. The van der Waals surface area contributed by atoms with Gasteiger partial charge in [-0.2, -0.15) is 0 Å². The number of benzene rings is 1. The highest BCUT2D eigenvalue weighted by atomic mass is 79.9. The van der Waals surface area contributed by atoms with E-state index in [1.54, 1.807) is 18.3 Å². The van der Waals surface area contributed by atoms with Gasteiger partial charge in [-0.3, -0.25) is 4.98 Å². The predicted molar refractivity (Wildman–Crippen MR) is 59.5 cm³/mol. The minimum absolute atomic E-state index is 0.618. The molecule has 4 heteroatoms. The minimum atomic E-state index is 0.618. The van der Waals surface area contributed by atoms with E-state index in [4.69, 9.17) is 23.2 Å². The van der Waals surface area contributed by atoms with Gasteiger partial charge in [-0.15, -0.1) is 0 Å². The Labute approximate surface area is 93.8 Å². The molecule has 0 atom stereocenters. The van der Waals surface area contributed by atoms with Crippen molar-refractivity contribution in [1.29, 1.82) is 0 Å². The molecule has 1 heterocycles. The number of halogens is 3. The Balaban J connectivity index is 2.92. The summed E-state index contributed by atoms with van der Waals surface area (Å²) >= 11 is 15.3. The van der Waals surface area contributed by atoms with E-state index in [2.05, 4.69) is 20.9 Å². The molecule has 0 aliphatic carbocycles. The van der Waals surface area contributed by atoms with Gasteiger partial charge in [0.15, 0.2) is 0 Å². The van der Waals surface area contributed by atoms with Gasteiger partial charge in [0.05, 0.1) is 15.6 Å². The fraction of sp³-hybridized carbons (Fsp3) is 0. The number of nitrogens with zero attached hydrogens (tertiary/aromatic N) is 1. The van der Waals surface area contributed by atoms with Crippen molar-refractivity contribution < 1.29 is 0 Å². The molecule has 2 rings (SSSR count). The van der Waals surface area contributed by atoms with Crippen LogP contribution in [0.5, 0.6) is 0 Å². The van der Waals surface area contributed by atoms with Crippen LogP contribution in [0.25, 0.3) is 10.9 Å². The molecule has 0 radical (unpaired) electrons. The summed E-state index contributed by atoms with van der Waals surface area (Å²) in [6.45, 7) is 0. The lowest BCUT2D eigenvalue weighted by molar-refractivity contribution is 1.39. The average Bonchev–Trinajstić information content (AvgIpc) is 2.12. The molecule has 1 aromatic carbocycles. The van der Waals surface area contributed by atoms with Gasteiger partial charge in [-0.25, -0.2) is 0 Å². The fourth-order valence-corrected chi connectivity index (χ4v) is 1.88. The van der Waals surface area contributed by atoms with Crippen LogP contribution in [0, 0.1) is 0 Å². The lowest BCUT2D eigenvalue weighted by Gasteiger charge is -2.01.